The van der Waals surface area contributed by atoms with Crippen molar-refractivity contribution in [2.75, 3.05) is 24.5 Å². The molecule has 19 heavy (non-hydrogen) atoms. The summed E-state index contributed by atoms with van der Waals surface area (Å²) in [7, 11) is 0. The largest absolute Gasteiger partial charge is 0.344 e. The first-order chi connectivity index (χ1) is 9.26. The van der Waals surface area contributed by atoms with Crippen molar-refractivity contribution in [2.24, 2.45) is 0 Å². The van der Waals surface area contributed by atoms with Crippen molar-refractivity contribution in [3.8, 4) is 12.1 Å². The van der Waals surface area contributed by atoms with Crippen LogP contribution in [0.5, 0.6) is 0 Å². The summed E-state index contributed by atoms with van der Waals surface area (Å²) in [6.07, 6.45) is 2.70. The van der Waals surface area contributed by atoms with Gasteiger partial charge in [0.2, 0.25) is 0 Å². The Labute approximate surface area is 114 Å². The molecule has 0 saturated carbocycles. The SMILES string of the molecule is CCNC(CC)c1ccc(N(CC#N)CC#N)cn1. The lowest BCUT2D eigenvalue weighted by atomic mass is 10.1. The van der Waals surface area contributed by atoms with E-state index in [9.17, 15) is 0 Å². The van der Waals surface area contributed by atoms with E-state index in [-0.39, 0.29) is 19.1 Å². The summed E-state index contributed by atoms with van der Waals surface area (Å²) in [5, 5.41) is 20.9. The molecule has 0 aliphatic rings. The fourth-order valence-electron chi connectivity index (χ4n) is 1.90. The summed E-state index contributed by atoms with van der Waals surface area (Å²) in [4.78, 5) is 6.13. The van der Waals surface area contributed by atoms with Crippen LogP contribution in [-0.4, -0.2) is 24.6 Å². The highest BCUT2D eigenvalue weighted by Crippen LogP contribution is 2.18. The van der Waals surface area contributed by atoms with E-state index < -0.39 is 0 Å². The molecule has 0 aliphatic carbocycles. The third kappa shape index (κ3) is 4.24. The smallest absolute Gasteiger partial charge is 0.107 e. The van der Waals surface area contributed by atoms with Crippen molar-refractivity contribution in [3.63, 3.8) is 0 Å². The summed E-state index contributed by atoms with van der Waals surface area (Å²) in [5.41, 5.74) is 1.79. The van der Waals surface area contributed by atoms with E-state index in [1.54, 1.807) is 11.1 Å². The molecule has 5 nitrogen and oxygen atoms in total. The molecule has 1 rings (SSSR count). The Morgan fingerprint density at radius 1 is 1.26 bits per heavy atom. The van der Waals surface area contributed by atoms with Crippen molar-refractivity contribution < 1.29 is 0 Å². The van der Waals surface area contributed by atoms with Gasteiger partial charge in [0.25, 0.3) is 0 Å². The average molecular weight is 257 g/mol. The van der Waals surface area contributed by atoms with Crippen LogP contribution < -0.4 is 10.2 Å². The highest BCUT2D eigenvalue weighted by atomic mass is 15.1. The van der Waals surface area contributed by atoms with Crippen LogP contribution in [-0.2, 0) is 0 Å². The number of aromatic nitrogens is 1. The lowest BCUT2D eigenvalue weighted by Crippen LogP contribution is -2.25. The molecule has 0 spiro atoms. The van der Waals surface area contributed by atoms with Gasteiger partial charge in [-0.15, -0.1) is 0 Å². The molecule has 1 aromatic heterocycles. The van der Waals surface area contributed by atoms with Crippen LogP contribution >= 0.6 is 0 Å². The fraction of sp³-hybridized carbons (Fsp3) is 0.500. The predicted octanol–water partition coefficient (Wildman–Crippen LogP) is 2.00. The van der Waals surface area contributed by atoms with E-state index >= 15 is 0 Å². The second-order valence-electron chi connectivity index (χ2n) is 4.13. The molecule has 0 aliphatic heterocycles. The number of anilines is 1. The monoisotopic (exact) mass is 257 g/mol. The maximum absolute atomic E-state index is 8.74. The Kier molecular flexibility index (Phi) is 6.35. The number of nitrogens with one attached hydrogen (secondary N) is 1. The zero-order valence-electron chi connectivity index (χ0n) is 11.4. The second-order valence-corrected chi connectivity index (χ2v) is 4.13. The minimum absolute atomic E-state index is 0.193. The standard InChI is InChI=1S/C14H19N5/c1-3-13(17-4-2)14-6-5-12(11-18-14)19(9-7-15)10-8-16/h5-6,11,13,17H,3-4,9-10H2,1-2H3. The normalized spacial score (nSPS) is 11.4. The summed E-state index contributed by atoms with van der Waals surface area (Å²) in [5.74, 6) is 0. The molecule has 0 aromatic carbocycles. The summed E-state index contributed by atoms with van der Waals surface area (Å²) >= 11 is 0. The molecule has 1 heterocycles. The van der Waals surface area contributed by atoms with Gasteiger partial charge in [0.1, 0.15) is 13.1 Å². The van der Waals surface area contributed by atoms with Crippen molar-refractivity contribution in [1.82, 2.24) is 10.3 Å². The van der Waals surface area contributed by atoms with Crippen LogP contribution in [0.2, 0.25) is 0 Å². The van der Waals surface area contributed by atoms with Gasteiger partial charge in [-0.05, 0) is 25.1 Å². The molecular formula is C14H19N5. The van der Waals surface area contributed by atoms with Gasteiger partial charge in [-0.1, -0.05) is 13.8 Å². The van der Waals surface area contributed by atoms with Crippen LogP contribution in [0.1, 0.15) is 32.0 Å². The Bertz CT molecular complexity index is 438. The number of nitriles is 2. The average Bonchev–Trinajstić information content (AvgIpc) is 2.45. The fourth-order valence-corrected chi connectivity index (χ4v) is 1.90. The molecule has 0 fully saturated rings. The van der Waals surface area contributed by atoms with Gasteiger partial charge >= 0.3 is 0 Å². The first-order valence-corrected chi connectivity index (χ1v) is 6.44. The van der Waals surface area contributed by atoms with Gasteiger partial charge in [-0.25, -0.2) is 0 Å². The molecule has 5 heteroatoms. The third-order valence-electron chi connectivity index (χ3n) is 2.87. The summed E-state index contributed by atoms with van der Waals surface area (Å²) < 4.78 is 0. The van der Waals surface area contributed by atoms with Gasteiger partial charge in [0.15, 0.2) is 0 Å². The Morgan fingerprint density at radius 3 is 2.37 bits per heavy atom. The second kappa shape index (κ2) is 8.07. The van der Waals surface area contributed by atoms with Crippen molar-refractivity contribution >= 4 is 5.69 Å². The number of pyridine rings is 1. The molecule has 1 aromatic rings. The molecule has 1 unspecified atom stereocenters. The molecule has 1 N–H and O–H groups in total. The van der Waals surface area contributed by atoms with Gasteiger partial charge < -0.3 is 10.2 Å². The Hall–Kier alpha value is -2.11. The number of nitrogens with zero attached hydrogens (tertiary/aromatic N) is 4. The number of rotatable bonds is 7. The minimum atomic E-state index is 0.193. The predicted molar refractivity (Wildman–Crippen MR) is 74.4 cm³/mol. The Morgan fingerprint density at radius 2 is 1.95 bits per heavy atom. The van der Waals surface area contributed by atoms with Crippen LogP contribution in [0, 0.1) is 22.7 Å². The first kappa shape index (κ1) is 14.9. The van der Waals surface area contributed by atoms with E-state index in [2.05, 4.69) is 36.3 Å². The van der Waals surface area contributed by atoms with E-state index in [1.807, 2.05) is 12.1 Å². The first-order valence-electron chi connectivity index (χ1n) is 6.44. The molecule has 0 saturated heterocycles. The molecule has 0 amide bonds. The Balaban J connectivity index is 2.85. The minimum Gasteiger partial charge on any atom is -0.344 e. The van der Waals surface area contributed by atoms with Gasteiger partial charge in [-0.3, -0.25) is 4.98 Å². The van der Waals surface area contributed by atoms with Crippen LogP contribution in [0.3, 0.4) is 0 Å². The van der Waals surface area contributed by atoms with Gasteiger partial charge in [0, 0.05) is 6.04 Å². The molecule has 100 valence electrons. The maximum atomic E-state index is 8.74. The molecule has 0 radical (unpaired) electrons. The zero-order chi connectivity index (χ0) is 14.1. The highest BCUT2D eigenvalue weighted by molar-refractivity contribution is 5.46. The van der Waals surface area contributed by atoms with E-state index in [1.165, 1.54) is 0 Å². The maximum Gasteiger partial charge on any atom is 0.107 e. The molecule has 1 atom stereocenters. The van der Waals surface area contributed by atoms with E-state index in [4.69, 9.17) is 10.5 Å². The quantitative estimate of drug-likeness (QED) is 0.756. The van der Waals surface area contributed by atoms with Crippen LogP contribution in [0.25, 0.3) is 0 Å². The van der Waals surface area contributed by atoms with E-state index in [0.717, 1.165) is 24.3 Å². The van der Waals surface area contributed by atoms with Crippen molar-refractivity contribution in [3.05, 3.63) is 24.0 Å². The summed E-state index contributed by atoms with van der Waals surface area (Å²) in [6, 6.07) is 8.22. The number of hydrogen-bond donors (Lipinski definition) is 1. The van der Waals surface area contributed by atoms with Crippen LogP contribution in [0.4, 0.5) is 5.69 Å². The van der Waals surface area contributed by atoms with Crippen molar-refractivity contribution in [2.45, 2.75) is 26.3 Å². The zero-order valence-corrected chi connectivity index (χ0v) is 11.4. The lowest BCUT2D eigenvalue weighted by Gasteiger charge is -2.19. The molecule has 0 bridgehead atoms. The van der Waals surface area contributed by atoms with E-state index in [0.29, 0.717) is 0 Å². The highest BCUT2D eigenvalue weighted by Gasteiger charge is 2.11. The van der Waals surface area contributed by atoms with Gasteiger partial charge in [-0.2, -0.15) is 10.5 Å². The van der Waals surface area contributed by atoms with Crippen molar-refractivity contribution in [1.29, 1.82) is 10.5 Å². The van der Waals surface area contributed by atoms with Crippen LogP contribution in [0.15, 0.2) is 18.3 Å². The molecular weight excluding hydrogens is 238 g/mol. The lowest BCUT2D eigenvalue weighted by molar-refractivity contribution is 0.525. The number of hydrogen-bond acceptors (Lipinski definition) is 5. The third-order valence-corrected chi connectivity index (χ3v) is 2.87. The topological polar surface area (TPSA) is 75.7 Å². The summed E-state index contributed by atoms with van der Waals surface area (Å²) in [6.45, 7) is 5.47. The van der Waals surface area contributed by atoms with Gasteiger partial charge in [0.05, 0.1) is 29.7 Å².